The van der Waals surface area contributed by atoms with Gasteiger partial charge in [0.05, 0.1) is 7.11 Å². The lowest BCUT2D eigenvalue weighted by Crippen LogP contribution is -2.13. The molecule has 0 aliphatic rings. The molecular weight excluding hydrogens is 392 g/mol. The quantitative estimate of drug-likeness (QED) is 0.254. The van der Waals surface area contributed by atoms with Crippen LogP contribution in [0.25, 0.3) is 0 Å². The second-order valence-electron chi connectivity index (χ2n) is 5.71. The van der Waals surface area contributed by atoms with Gasteiger partial charge in [0, 0.05) is 24.7 Å². The van der Waals surface area contributed by atoms with Crippen molar-refractivity contribution in [3.63, 3.8) is 0 Å². The highest BCUT2D eigenvalue weighted by atomic mass is 32.2. The molecule has 6 nitrogen and oxygen atoms in total. The summed E-state index contributed by atoms with van der Waals surface area (Å²) in [7, 11) is 1.36. The van der Waals surface area contributed by atoms with Crippen LogP contribution in [0.4, 0.5) is 5.82 Å². The van der Waals surface area contributed by atoms with Crippen molar-refractivity contribution < 1.29 is 9.53 Å². The molecule has 0 radical (unpaired) electrons. The van der Waals surface area contributed by atoms with Gasteiger partial charge in [-0.25, -0.2) is 14.8 Å². The van der Waals surface area contributed by atoms with Crippen molar-refractivity contribution in [2.24, 2.45) is 0 Å². The van der Waals surface area contributed by atoms with Gasteiger partial charge in [-0.1, -0.05) is 42.1 Å². The molecule has 3 aromatic rings. The lowest BCUT2D eigenvalue weighted by Gasteiger charge is -2.14. The lowest BCUT2D eigenvalue weighted by atomic mass is 10.2. The number of aromatic nitrogens is 3. The van der Waals surface area contributed by atoms with E-state index in [0.29, 0.717) is 33.9 Å². The molecule has 0 aliphatic heterocycles. The number of carbonyl (C=O) groups is 1. The number of pyridine rings is 1. The Morgan fingerprint density at radius 1 is 1.07 bits per heavy atom. The molecule has 2 aromatic heterocycles. The number of anilines is 1. The predicted octanol–water partition coefficient (Wildman–Crippen LogP) is 4.28. The number of thioether (sulfide) groups is 2. The Morgan fingerprint density at radius 3 is 2.50 bits per heavy atom. The predicted molar refractivity (Wildman–Crippen MR) is 113 cm³/mol. The number of nitrogens with one attached hydrogen (secondary N) is 1. The molecule has 0 bridgehead atoms. The van der Waals surface area contributed by atoms with Crippen molar-refractivity contribution >= 4 is 35.3 Å². The highest BCUT2D eigenvalue weighted by molar-refractivity contribution is 7.99. The van der Waals surface area contributed by atoms with Gasteiger partial charge in [-0.15, -0.1) is 11.8 Å². The summed E-state index contributed by atoms with van der Waals surface area (Å²) in [5.74, 6) is 0.707. The molecule has 0 fully saturated rings. The minimum absolute atomic E-state index is 0.357. The number of hydrogen-bond acceptors (Lipinski definition) is 8. The van der Waals surface area contributed by atoms with Crippen molar-refractivity contribution in [2.75, 3.05) is 18.7 Å². The molecule has 0 aliphatic carbocycles. The highest BCUT2D eigenvalue weighted by Gasteiger charge is 2.22. The summed E-state index contributed by atoms with van der Waals surface area (Å²) < 4.78 is 5.01. The van der Waals surface area contributed by atoms with Crippen LogP contribution < -0.4 is 5.32 Å². The highest BCUT2D eigenvalue weighted by Crippen LogP contribution is 2.31. The first-order valence-electron chi connectivity index (χ1n) is 8.55. The molecule has 8 heteroatoms. The Bertz CT molecular complexity index is 859. The molecule has 28 heavy (non-hydrogen) atoms. The maximum Gasteiger partial charge on any atom is 0.344 e. The number of hydrogen-bond donors (Lipinski definition) is 1. The normalized spacial score (nSPS) is 10.5. The number of carbonyl (C=O) groups excluding carboxylic acids is 1. The third-order valence-electron chi connectivity index (χ3n) is 3.86. The van der Waals surface area contributed by atoms with E-state index >= 15 is 0 Å². The van der Waals surface area contributed by atoms with Gasteiger partial charge < -0.3 is 10.1 Å². The summed E-state index contributed by atoms with van der Waals surface area (Å²) in [4.78, 5) is 25.6. The van der Waals surface area contributed by atoms with Crippen LogP contribution in [-0.2, 0) is 17.0 Å². The van der Waals surface area contributed by atoms with Gasteiger partial charge in [-0.3, -0.25) is 4.98 Å². The van der Waals surface area contributed by atoms with E-state index < -0.39 is 5.97 Å². The van der Waals surface area contributed by atoms with E-state index in [1.54, 1.807) is 12.4 Å². The first-order valence-corrected chi connectivity index (χ1v) is 10.8. The Morgan fingerprint density at radius 2 is 1.82 bits per heavy atom. The van der Waals surface area contributed by atoms with E-state index in [1.807, 2.05) is 48.7 Å². The molecule has 0 saturated heterocycles. The summed E-state index contributed by atoms with van der Waals surface area (Å²) in [6.45, 7) is 0.514. The van der Waals surface area contributed by atoms with E-state index in [9.17, 15) is 4.79 Å². The van der Waals surface area contributed by atoms with Gasteiger partial charge in [0.2, 0.25) is 0 Å². The topological polar surface area (TPSA) is 77.0 Å². The standard InChI is InChI=1S/C20H20N4O2S2/c1-26-19(25)16-17(22-12-14-8-10-21-11-9-14)23-20(27-2)24-18(16)28-13-15-6-4-3-5-7-15/h3-11H,12-13H2,1-2H3,(H,22,23,24). The maximum atomic E-state index is 12.5. The molecule has 0 atom stereocenters. The summed E-state index contributed by atoms with van der Waals surface area (Å²) in [6, 6.07) is 13.9. The zero-order valence-corrected chi connectivity index (χ0v) is 17.2. The second-order valence-corrected chi connectivity index (χ2v) is 7.45. The first-order chi connectivity index (χ1) is 13.7. The monoisotopic (exact) mass is 412 g/mol. The van der Waals surface area contributed by atoms with E-state index in [1.165, 1.54) is 30.6 Å². The average molecular weight is 413 g/mol. The molecule has 144 valence electrons. The van der Waals surface area contributed by atoms with Gasteiger partial charge >= 0.3 is 5.97 Å². The van der Waals surface area contributed by atoms with Crippen LogP contribution in [0.1, 0.15) is 21.5 Å². The lowest BCUT2D eigenvalue weighted by molar-refractivity contribution is 0.0596. The summed E-state index contributed by atoms with van der Waals surface area (Å²) in [6.07, 6.45) is 5.37. The van der Waals surface area contributed by atoms with Gasteiger partial charge in [0.1, 0.15) is 16.4 Å². The van der Waals surface area contributed by atoms with Gasteiger partial charge in [0.25, 0.3) is 0 Å². The Hall–Kier alpha value is -2.58. The van der Waals surface area contributed by atoms with Gasteiger partial charge in [0.15, 0.2) is 5.16 Å². The zero-order chi connectivity index (χ0) is 19.8. The largest absolute Gasteiger partial charge is 0.465 e. The van der Waals surface area contributed by atoms with Crippen LogP contribution in [-0.4, -0.2) is 34.3 Å². The third-order valence-corrected chi connectivity index (χ3v) is 5.45. The molecule has 3 rings (SSSR count). The Labute approximate surface area is 172 Å². The fourth-order valence-corrected chi connectivity index (χ4v) is 3.84. The van der Waals surface area contributed by atoms with Crippen LogP contribution in [0.3, 0.4) is 0 Å². The van der Waals surface area contributed by atoms with E-state index in [-0.39, 0.29) is 0 Å². The SMILES string of the molecule is COC(=O)c1c(NCc2ccncc2)nc(SC)nc1SCc1ccccc1. The molecular formula is C20H20N4O2S2. The molecule has 0 unspecified atom stereocenters. The maximum absolute atomic E-state index is 12.5. The van der Waals surface area contributed by atoms with Crippen molar-refractivity contribution in [3.05, 3.63) is 71.5 Å². The number of methoxy groups -OCH3 is 1. The number of nitrogens with zero attached hydrogens (tertiary/aromatic N) is 3. The fraction of sp³-hybridized carbons (Fsp3) is 0.200. The molecule has 0 amide bonds. The second kappa shape index (κ2) is 10.1. The minimum atomic E-state index is -0.458. The summed E-state index contributed by atoms with van der Waals surface area (Å²) >= 11 is 2.92. The van der Waals surface area contributed by atoms with Crippen molar-refractivity contribution in [1.29, 1.82) is 0 Å². The third kappa shape index (κ3) is 5.24. The smallest absolute Gasteiger partial charge is 0.344 e. The zero-order valence-electron chi connectivity index (χ0n) is 15.6. The van der Waals surface area contributed by atoms with Crippen molar-refractivity contribution in [2.45, 2.75) is 22.5 Å². The van der Waals surface area contributed by atoms with E-state index in [4.69, 9.17) is 4.74 Å². The van der Waals surface area contributed by atoms with Crippen LogP contribution in [0.15, 0.2) is 65.0 Å². The molecule has 2 heterocycles. The van der Waals surface area contributed by atoms with E-state index in [0.717, 1.165) is 11.1 Å². The Kier molecular flexibility index (Phi) is 7.27. The van der Waals surface area contributed by atoms with Crippen LogP contribution in [0.2, 0.25) is 0 Å². The number of ether oxygens (including phenoxy) is 1. The van der Waals surface area contributed by atoms with Crippen LogP contribution >= 0.6 is 23.5 Å². The first kappa shape index (κ1) is 20.2. The number of benzene rings is 1. The molecule has 1 aromatic carbocycles. The van der Waals surface area contributed by atoms with Crippen molar-refractivity contribution in [3.8, 4) is 0 Å². The van der Waals surface area contributed by atoms with Gasteiger partial charge in [-0.05, 0) is 29.5 Å². The summed E-state index contributed by atoms with van der Waals surface area (Å²) in [5, 5.41) is 4.45. The Balaban J connectivity index is 1.91. The van der Waals surface area contributed by atoms with Crippen LogP contribution in [0.5, 0.6) is 0 Å². The minimum Gasteiger partial charge on any atom is -0.465 e. The van der Waals surface area contributed by atoms with Crippen molar-refractivity contribution in [1.82, 2.24) is 15.0 Å². The number of rotatable bonds is 8. The summed E-state index contributed by atoms with van der Waals surface area (Å²) in [5.41, 5.74) is 2.54. The van der Waals surface area contributed by atoms with E-state index in [2.05, 4.69) is 20.3 Å². The molecule has 0 spiro atoms. The van der Waals surface area contributed by atoms with Gasteiger partial charge in [-0.2, -0.15) is 0 Å². The molecule has 1 N–H and O–H groups in total. The number of esters is 1. The average Bonchev–Trinajstić information content (AvgIpc) is 2.76. The molecule has 0 saturated carbocycles. The fourth-order valence-electron chi connectivity index (χ4n) is 2.44. The van der Waals surface area contributed by atoms with Crippen LogP contribution in [0, 0.1) is 0 Å².